The molecule has 4 nitrogen and oxygen atoms in total. The molecule has 2 atom stereocenters. The van der Waals surface area contributed by atoms with Crippen molar-refractivity contribution in [2.45, 2.75) is 12.2 Å². The third-order valence-electron chi connectivity index (χ3n) is 2.00. The van der Waals surface area contributed by atoms with E-state index in [1.165, 1.54) is 0 Å². The Morgan fingerprint density at radius 2 is 1.73 bits per heavy atom. The summed E-state index contributed by atoms with van der Waals surface area (Å²) in [6.45, 7) is -0.709. The summed E-state index contributed by atoms with van der Waals surface area (Å²) >= 11 is 0. The molecule has 0 aliphatic carbocycles. The third-order valence-corrected chi connectivity index (χ3v) is 2.00. The Kier molecular flexibility index (Phi) is 3.57. The summed E-state index contributed by atoms with van der Waals surface area (Å²) in [5.41, 5.74) is 4.98. The summed E-state index contributed by atoms with van der Waals surface area (Å²) in [7, 11) is 0. The molecule has 0 saturated heterocycles. The highest BCUT2D eigenvalue weighted by Gasteiger charge is 2.21. The summed E-state index contributed by atoms with van der Waals surface area (Å²) in [6, 6.07) is 1.40. The lowest BCUT2D eigenvalue weighted by Gasteiger charge is -2.17. The number of anilines is 1. The first-order valence-electron chi connectivity index (χ1n) is 4.18. The molecule has 0 aromatic heterocycles. The first kappa shape index (κ1) is 11.8. The van der Waals surface area contributed by atoms with Gasteiger partial charge in [0.15, 0.2) is 11.6 Å². The number of hydrogen-bond acceptors (Lipinski definition) is 4. The molecule has 0 aliphatic rings. The van der Waals surface area contributed by atoms with Crippen molar-refractivity contribution in [1.82, 2.24) is 0 Å². The van der Waals surface area contributed by atoms with E-state index in [0.717, 1.165) is 0 Å². The predicted octanol–water partition coefficient (Wildman–Crippen LogP) is -0.0664. The molecule has 5 N–H and O–H groups in total. The fourth-order valence-corrected chi connectivity index (χ4v) is 1.14. The van der Waals surface area contributed by atoms with Crippen LogP contribution in [-0.4, -0.2) is 28.0 Å². The minimum Gasteiger partial charge on any atom is -0.398 e. The van der Waals surface area contributed by atoms with Gasteiger partial charge in [-0.05, 0) is 6.07 Å². The molecule has 0 aliphatic heterocycles. The van der Waals surface area contributed by atoms with Gasteiger partial charge in [0, 0.05) is 17.3 Å². The summed E-state index contributed by atoms with van der Waals surface area (Å²) in [5, 5.41) is 27.1. The number of nitrogen functional groups attached to an aromatic ring is 1. The van der Waals surface area contributed by atoms with E-state index < -0.39 is 30.4 Å². The van der Waals surface area contributed by atoms with E-state index in [0.29, 0.717) is 12.1 Å². The number of rotatable bonds is 3. The van der Waals surface area contributed by atoms with Gasteiger partial charge in [0.05, 0.1) is 6.61 Å². The Hall–Kier alpha value is -1.24. The topological polar surface area (TPSA) is 86.7 Å². The van der Waals surface area contributed by atoms with Gasteiger partial charge < -0.3 is 21.1 Å². The molecule has 2 unspecified atom stereocenters. The number of benzene rings is 1. The second-order valence-electron chi connectivity index (χ2n) is 3.09. The van der Waals surface area contributed by atoms with Crippen LogP contribution in [0.4, 0.5) is 14.5 Å². The van der Waals surface area contributed by atoms with E-state index in [9.17, 15) is 13.9 Å². The van der Waals surface area contributed by atoms with Gasteiger partial charge in [-0.15, -0.1) is 0 Å². The summed E-state index contributed by atoms with van der Waals surface area (Å²) in [5.74, 6) is -2.31. The molecule has 15 heavy (non-hydrogen) atoms. The molecule has 1 rings (SSSR count). The SMILES string of the molecule is Nc1cc(F)c(F)cc1C(O)C(O)CO. The monoisotopic (exact) mass is 219 g/mol. The molecule has 0 bridgehead atoms. The Morgan fingerprint density at radius 3 is 2.27 bits per heavy atom. The van der Waals surface area contributed by atoms with Crippen LogP contribution in [-0.2, 0) is 0 Å². The van der Waals surface area contributed by atoms with Gasteiger partial charge in [0.1, 0.15) is 12.2 Å². The highest BCUT2D eigenvalue weighted by molar-refractivity contribution is 5.48. The summed E-state index contributed by atoms with van der Waals surface area (Å²) in [6.07, 6.45) is -3.04. The molecule has 1 aromatic rings. The maximum Gasteiger partial charge on any atom is 0.160 e. The average Bonchev–Trinajstić information content (AvgIpc) is 2.21. The maximum atomic E-state index is 12.8. The molecule has 0 radical (unpaired) electrons. The van der Waals surface area contributed by atoms with Crippen molar-refractivity contribution in [1.29, 1.82) is 0 Å². The number of aliphatic hydroxyl groups excluding tert-OH is 3. The standard InChI is InChI=1S/C9H11F2NO3/c10-5-1-4(7(12)2-6(5)11)9(15)8(14)3-13/h1-2,8-9,13-15H,3,12H2. The van der Waals surface area contributed by atoms with Gasteiger partial charge in [-0.25, -0.2) is 8.78 Å². The molecule has 0 fully saturated rings. The zero-order valence-corrected chi connectivity index (χ0v) is 7.69. The Labute approximate surface area is 84.6 Å². The van der Waals surface area contributed by atoms with Gasteiger partial charge in [-0.1, -0.05) is 0 Å². The average molecular weight is 219 g/mol. The lowest BCUT2D eigenvalue weighted by Crippen LogP contribution is -2.23. The number of nitrogens with two attached hydrogens (primary N) is 1. The first-order valence-corrected chi connectivity index (χ1v) is 4.18. The fraction of sp³-hybridized carbons (Fsp3) is 0.333. The Balaban J connectivity index is 3.09. The molecule has 0 amide bonds. The van der Waals surface area contributed by atoms with Gasteiger partial charge >= 0.3 is 0 Å². The van der Waals surface area contributed by atoms with Crippen molar-refractivity contribution < 1.29 is 24.1 Å². The van der Waals surface area contributed by atoms with Gasteiger partial charge in [-0.3, -0.25) is 0 Å². The second kappa shape index (κ2) is 4.52. The van der Waals surface area contributed by atoms with E-state index in [-0.39, 0.29) is 11.3 Å². The van der Waals surface area contributed by atoms with Crippen molar-refractivity contribution in [3.63, 3.8) is 0 Å². The highest BCUT2D eigenvalue weighted by Crippen LogP contribution is 2.25. The maximum absolute atomic E-state index is 12.8. The van der Waals surface area contributed by atoms with Gasteiger partial charge in [0.25, 0.3) is 0 Å². The second-order valence-corrected chi connectivity index (χ2v) is 3.09. The normalized spacial score (nSPS) is 15.0. The Morgan fingerprint density at radius 1 is 1.20 bits per heavy atom. The van der Waals surface area contributed by atoms with Crippen LogP contribution in [0.15, 0.2) is 12.1 Å². The quantitative estimate of drug-likeness (QED) is 0.536. The fourth-order valence-electron chi connectivity index (χ4n) is 1.14. The van der Waals surface area contributed by atoms with Crippen LogP contribution in [0, 0.1) is 11.6 Å². The number of halogens is 2. The number of aliphatic hydroxyl groups is 3. The largest absolute Gasteiger partial charge is 0.398 e. The Bertz CT molecular complexity index is 359. The van der Waals surface area contributed by atoms with Crippen LogP contribution in [0.5, 0.6) is 0 Å². The van der Waals surface area contributed by atoms with Gasteiger partial charge in [-0.2, -0.15) is 0 Å². The summed E-state index contributed by atoms with van der Waals surface area (Å²) < 4.78 is 25.5. The van der Waals surface area contributed by atoms with Crippen molar-refractivity contribution in [3.8, 4) is 0 Å². The molecular weight excluding hydrogens is 208 g/mol. The van der Waals surface area contributed by atoms with E-state index in [1.54, 1.807) is 0 Å². The minimum absolute atomic E-state index is 0.157. The first-order chi connectivity index (χ1) is 6.97. The van der Waals surface area contributed by atoms with E-state index in [2.05, 4.69) is 0 Å². The van der Waals surface area contributed by atoms with Gasteiger partial charge in [0.2, 0.25) is 0 Å². The third kappa shape index (κ3) is 2.41. The predicted molar refractivity (Wildman–Crippen MR) is 48.8 cm³/mol. The smallest absolute Gasteiger partial charge is 0.160 e. The van der Waals surface area contributed by atoms with Crippen molar-refractivity contribution in [2.75, 3.05) is 12.3 Å². The van der Waals surface area contributed by atoms with Crippen molar-refractivity contribution in [3.05, 3.63) is 29.3 Å². The van der Waals surface area contributed by atoms with Crippen LogP contribution >= 0.6 is 0 Å². The molecule has 84 valence electrons. The van der Waals surface area contributed by atoms with Crippen LogP contribution in [0.3, 0.4) is 0 Å². The van der Waals surface area contributed by atoms with Crippen LogP contribution < -0.4 is 5.73 Å². The minimum atomic E-state index is -1.55. The van der Waals surface area contributed by atoms with Crippen LogP contribution in [0.2, 0.25) is 0 Å². The molecule has 0 saturated carbocycles. The lowest BCUT2D eigenvalue weighted by molar-refractivity contribution is -0.0150. The molecular formula is C9H11F2NO3. The van der Waals surface area contributed by atoms with Crippen LogP contribution in [0.1, 0.15) is 11.7 Å². The van der Waals surface area contributed by atoms with E-state index in [4.69, 9.17) is 15.9 Å². The van der Waals surface area contributed by atoms with Crippen LogP contribution in [0.25, 0.3) is 0 Å². The molecule has 0 spiro atoms. The van der Waals surface area contributed by atoms with Crippen molar-refractivity contribution in [2.24, 2.45) is 0 Å². The van der Waals surface area contributed by atoms with E-state index >= 15 is 0 Å². The molecule has 0 heterocycles. The highest BCUT2D eigenvalue weighted by atomic mass is 19.2. The number of hydrogen-bond donors (Lipinski definition) is 4. The molecule has 6 heteroatoms. The zero-order valence-electron chi connectivity index (χ0n) is 7.69. The lowest BCUT2D eigenvalue weighted by atomic mass is 10.0. The zero-order chi connectivity index (χ0) is 11.6. The van der Waals surface area contributed by atoms with Crippen molar-refractivity contribution >= 4 is 5.69 Å². The van der Waals surface area contributed by atoms with E-state index in [1.807, 2.05) is 0 Å². The molecule has 1 aromatic carbocycles. The summed E-state index contributed by atoms with van der Waals surface area (Å²) in [4.78, 5) is 0.